The highest BCUT2D eigenvalue weighted by Gasteiger charge is 2.34. The maximum Gasteiger partial charge on any atom is 0.239 e. The number of carbonyl (C=O) groups excluding carboxylic acids is 1. The Morgan fingerprint density at radius 3 is 2.50 bits per heavy atom. The molecule has 20 heavy (non-hydrogen) atoms. The van der Waals surface area contributed by atoms with E-state index in [1.807, 2.05) is 4.90 Å². The third-order valence-electron chi connectivity index (χ3n) is 5.19. The molecule has 3 fully saturated rings. The molecule has 0 aromatic rings. The van der Waals surface area contributed by atoms with Gasteiger partial charge in [0.25, 0.3) is 0 Å². The molecule has 2 unspecified atom stereocenters. The van der Waals surface area contributed by atoms with Crippen molar-refractivity contribution in [3.05, 3.63) is 0 Å². The van der Waals surface area contributed by atoms with Crippen molar-refractivity contribution in [1.29, 1.82) is 0 Å². The van der Waals surface area contributed by atoms with Gasteiger partial charge in [-0.2, -0.15) is 0 Å². The van der Waals surface area contributed by atoms with E-state index in [1.165, 1.54) is 32.4 Å². The van der Waals surface area contributed by atoms with E-state index in [0.717, 1.165) is 39.3 Å². The Labute approximate surface area is 122 Å². The Bertz CT molecular complexity index is 337. The molecule has 5 nitrogen and oxygen atoms in total. The Kier molecular flexibility index (Phi) is 4.58. The molecule has 5 heteroatoms. The first-order valence-electron chi connectivity index (χ1n) is 8.23. The number of hydrogen-bond acceptors (Lipinski definition) is 4. The number of amides is 1. The first-order valence-corrected chi connectivity index (χ1v) is 8.23. The molecule has 0 radical (unpaired) electrons. The van der Waals surface area contributed by atoms with Crippen molar-refractivity contribution in [3.8, 4) is 0 Å². The molecule has 1 N–H and O–H groups in total. The minimum Gasteiger partial charge on any atom is -0.339 e. The van der Waals surface area contributed by atoms with E-state index in [0.29, 0.717) is 11.9 Å². The summed E-state index contributed by atoms with van der Waals surface area (Å²) in [5.41, 5.74) is 0. The van der Waals surface area contributed by atoms with Crippen LogP contribution in [0.2, 0.25) is 0 Å². The highest BCUT2D eigenvalue weighted by atomic mass is 16.2. The first kappa shape index (κ1) is 14.3. The van der Waals surface area contributed by atoms with Crippen LogP contribution in [-0.4, -0.2) is 85.0 Å². The number of likely N-dealkylation sites (tertiary alicyclic amines) is 2. The third-order valence-corrected chi connectivity index (χ3v) is 5.19. The molecular formula is C15H28N4O. The summed E-state index contributed by atoms with van der Waals surface area (Å²) in [5.74, 6) is 0.327. The molecule has 3 saturated heterocycles. The van der Waals surface area contributed by atoms with E-state index in [9.17, 15) is 4.79 Å². The van der Waals surface area contributed by atoms with Crippen molar-refractivity contribution in [2.75, 3.05) is 52.4 Å². The highest BCUT2D eigenvalue weighted by molar-refractivity contribution is 5.81. The molecule has 0 saturated carbocycles. The van der Waals surface area contributed by atoms with Crippen LogP contribution in [0.15, 0.2) is 0 Å². The van der Waals surface area contributed by atoms with E-state index in [-0.39, 0.29) is 6.04 Å². The van der Waals surface area contributed by atoms with Gasteiger partial charge in [-0.3, -0.25) is 14.6 Å². The molecule has 0 spiro atoms. The van der Waals surface area contributed by atoms with Crippen LogP contribution in [-0.2, 0) is 4.79 Å². The normalized spacial score (nSPS) is 30.9. The maximum atomic E-state index is 12.6. The Morgan fingerprint density at radius 2 is 1.80 bits per heavy atom. The van der Waals surface area contributed by atoms with Gasteiger partial charge in [-0.05, 0) is 39.3 Å². The first-order chi connectivity index (χ1) is 9.75. The standard InChI is InChI=1S/C15H28N4O/c1-13(15(20)18-10-5-16-6-11-18)19-9-4-14(12-19)17-7-2-3-8-17/h13-14,16H,2-12H2,1H3. The molecule has 2 atom stereocenters. The van der Waals surface area contributed by atoms with E-state index in [2.05, 4.69) is 22.0 Å². The summed E-state index contributed by atoms with van der Waals surface area (Å²) in [5, 5.41) is 3.31. The van der Waals surface area contributed by atoms with Crippen molar-refractivity contribution in [2.24, 2.45) is 0 Å². The van der Waals surface area contributed by atoms with Crippen LogP contribution in [0.25, 0.3) is 0 Å². The van der Waals surface area contributed by atoms with Crippen molar-refractivity contribution in [1.82, 2.24) is 20.0 Å². The molecule has 114 valence electrons. The summed E-state index contributed by atoms with van der Waals surface area (Å²) in [4.78, 5) is 19.6. The average molecular weight is 280 g/mol. The summed E-state index contributed by atoms with van der Waals surface area (Å²) in [6.07, 6.45) is 3.94. The zero-order valence-electron chi connectivity index (χ0n) is 12.7. The summed E-state index contributed by atoms with van der Waals surface area (Å²) < 4.78 is 0. The summed E-state index contributed by atoms with van der Waals surface area (Å²) >= 11 is 0. The fourth-order valence-electron chi connectivity index (χ4n) is 3.83. The van der Waals surface area contributed by atoms with Crippen LogP contribution in [0.5, 0.6) is 0 Å². The molecule has 3 rings (SSSR count). The van der Waals surface area contributed by atoms with Gasteiger partial charge >= 0.3 is 0 Å². The number of carbonyl (C=O) groups is 1. The van der Waals surface area contributed by atoms with Gasteiger partial charge in [-0.25, -0.2) is 0 Å². The fourth-order valence-corrected chi connectivity index (χ4v) is 3.83. The lowest BCUT2D eigenvalue weighted by molar-refractivity contribution is -0.136. The second-order valence-electron chi connectivity index (χ2n) is 6.43. The van der Waals surface area contributed by atoms with E-state index in [1.54, 1.807) is 0 Å². The molecule has 3 heterocycles. The molecule has 1 amide bonds. The number of nitrogens with zero attached hydrogens (tertiary/aromatic N) is 3. The molecule has 0 aromatic carbocycles. The SMILES string of the molecule is CC(C(=O)N1CCNCC1)N1CCC(N2CCCC2)C1. The summed E-state index contributed by atoms with van der Waals surface area (Å²) in [6.45, 7) is 10.4. The van der Waals surface area contributed by atoms with Crippen LogP contribution in [0.4, 0.5) is 0 Å². The lowest BCUT2D eigenvalue weighted by Crippen LogP contribution is -2.53. The van der Waals surface area contributed by atoms with Gasteiger partial charge in [0.1, 0.15) is 0 Å². The van der Waals surface area contributed by atoms with E-state index < -0.39 is 0 Å². The van der Waals surface area contributed by atoms with Gasteiger partial charge in [0, 0.05) is 45.3 Å². The Balaban J connectivity index is 1.52. The molecule has 0 bridgehead atoms. The van der Waals surface area contributed by atoms with Gasteiger partial charge in [0.05, 0.1) is 6.04 Å². The zero-order valence-corrected chi connectivity index (χ0v) is 12.7. The van der Waals surface area contributed by atoms with Gasteiger partial charge in [0.2, 0.25) is 5.91 Å². The van der Waals surface area contributed by atoms with E-state index in [4.69, 9.17) is 0 Å². The van der Waals surface area contributed by atoms with Gasteiger partial charge in [-0.1, -0.05) is 0 Å². The fraction of sp³-hybridized carbons (Fsp3) is 0.933. The minimum atomic E-state index is 0.0562. The van der Waals surface area contributed by atoms with Gasteiger partial charge < -0.3 is 10.2 Å². The van der Waals surface area contributed by atoms with Crippen LogP contribution < -0.4 is 5.32 Å². The largest absolute Gasteiger partial charge is 0.339 e. The average Bonchev–Trinajstić information content (AvgIpc) is 3.17. The van der Waals surface area contributed by atoms with Gasteiger partial charge in [-0.15, -0.1) is 0 Å². The van der Waals surface area contributed by atoms with Crippen molar-refractivity contribution >= 4 is 5.91 Å². The Morgan fingerprint density at radius 1 is 1.10 bits per heavy atom. The quantitative estimate of drug-likeness (QED) is 0.788. The molecular weight excluding hydrogens is 252 g/mol. The maximum absolute atomic E-state index is 12.6. The number of piperazine rings is 1. The minimum absolute atomic E-state index is 0.0562. The second kappa shape index (κ2) is 6.41. The molecule has 0 aliphatic carbocycles. The molecule has 0 aromatic heterocycles. The zero-order chi connectivity index (χ0) is 13.9. The monoisotopic (exact) mass is 280 g/mol. The van der Waals surface area contributed by atoms with Crippen LogP contribution >= 0.6 is 0 Å². The molecule has 3 aliphatic heterocycles. The Hall–Kier alpha value is -0.650. The van der Waals surface area contributed by atoms with Crippen LogP contribution in [0.3, 0.4) is 0 Å². The lowest BCUT2D eigenvalue weighted by atomic mass is 10.2. The summed E-state index contributed by atoms with van der Waals surface area (Å²) in [6, 6.07) is 0.747. The lowest BCUT2D eigenvalue weighted by Gasteiger charge is -2.33. The van der Waals surface area contributed by atoms with Crippen molar-refractivity contribution in [2.45, 2.75) is 38.3 Å². The highest BCUT2D eigenvalue weighted by Crippen LogP contribution is 2.22. The van der Waals surface area contributed by atoms with Crippen LogP contribution in [0, 0.1) is 0 Å². The van der Waals surface area contributed by atoms with Gasteiger partial charge in [0.15, 0.2) is 0 Å². The third kappa shape index (κ3) is 3.00. The van der Waals surface area contributed by atoms with Crippen molar-refractivity contribution in [3.63, 3.8) is 0 Å². The predicted molar refractivity (Wildman–Crippen MR) is 79.7 cm³/mol. The second-order valence-corrected chi connectivity index (χ2v) is 6.43. The van der Waals surface area contributed by atoms with E-state index >= 15 is 0 Å². The summed E-state index contributed by atoms with van der Waals surface area (Å²) in [7, 11) is 0. The molecule has 3 aliphatic rings. The predicted octanol–water partition coefficient (Wildman–Crippen LogP) is -0.0232. The smallest absolute Gasteiger partial charge is 0.239 e. The number of rotatable bonds is 3. The van der Waals surface area contributed by atoms with Crippen molar-refractivity contribution < 1.29 is 4.79 Å². The number of hydrogen-bond donors (Lipinski definition) is 1. The topological polar surface area (TPSA) is 38.8 Å². The number of nitrogens with one attached hydrogen (secondary N) is 1. The van der Waals surface area contributed by atoms with Crippen LogP contribution in [0.1, 0.15) is 26.2 Å².